The van der Waals surface area contributed by atoms with E-state index >= 15 is 0 Å². The number of nitrogens with one attached hydrogen (secondary N) is 1. The molecule has 0 aromatic rings. The molecule has 0 radical (unpaired) electrons. The summed E-state index contributed by atoms with van der Waals surface area (Å²) in [6.07, 6.45) is 5.64. The molecule has 0 aliphatic heterocycles. The Labute approximate surface area is 71.3 Å². The summed E-state index contributed by atoms with van der Waals surface area (Å²) in [5, 5.41) is 2.32. The minimum Gasteiger partial charge on any atom is -0.462 e. The molecule has 0 fully saturated rings. The molecule has 0 aliphatic rings. The van der Waals surface area contributed by atoms with Crippen LogP contribution in [0.1, 0.15) is 13.3 Å². The third kappa shape index (κ3) is 3.06. The van der Waals surface area contributed by atoms with E-state index in [1.54, 1.807) is 0 Å². The molecule has 0 aliphatic carbocycles. The van der Waals surface area contributed by atoms with Crippen molar-refractivity contribution in [1.82, 2.24) is 5.32 Å². The highest BCUT2D eigenvalue weighted by Crippen LogP contribution is 1.87. The number of amides is 1. The highest BCUT2D eigenvalue weighted by molar-refractivity contribution is 6.32. The van der Waals surface area contributed by atoms with Crippen LogP contribution in [0.25, 0.3) is 0 Å². The number of ether oxygens (including phenoxy) is 1. The summed E-state index contributed by atoms with van der Waals surface area (Å²) < 4.78 is 4.18. The summed E-state index contributed by atoms with van der Waals surface area (Å²) in [6, 6.07) is -0.406. The van der Waals surface area contributed by atoms with Crippen LogP contribution in [-0.2, 0) is 14.3 Å². The molecule has 1 unspecified atom stereocenters. The maximum Gasteiger partial charge on any atom is 0.396 e. The number of methoxy groups -OCH3 is 1. The van der Waals surface area contributed by atoms with E-state index in [9.17, 15) is 9.59 Å². The molecule has 66 valence electrons. The molecule has 1 atom stereocenters. The lowest BCUT2D eigenvalue weighted by Crippen LogP contribution is -2.38. The van der Waals surface area contributed by atoms with Crippen LogP contribution in [0.15, 0.2) is 0 Å². The fraction of sp³-hybridized carbons (Fsp3) is 0.500. The molecule has 1 N–H and O–H groups in total. The Morgan fingerprint density at radius 2 is 2.25 bits per heavy atom. The number of hydrogen-bond donors (Lipinski definition) is 1. The van der Waals surface area contributed by atoms with Crippen molar-refractivity contribution in [3.63, 3.8) is 0 Å². The maximum atomic E-state index is 10.8. The number of carbonyl (C=O) groups excluding carboxylic acids is 2. The first-order valence-electron chi connectivity index (χ1n) is 3.50. The first-order valence-corrected chi connectivity index (χ1v) is 3.50. The van der Waals surface area contributed by atoms with Gasteiger partial charge in [0.15, 0.2) is 0 Å². The van der Waals surface area contributed by atoms with Crippen molar-refractivity contribution in [3.8, 4) is 12.3 Å². The van der Waals surface area contributed by atoms with Gasteiger partial charge in [-0.2, -0.15) is 0 Å². The summed E-state index contributed by atoms with van der Waals surface area (Å²) in [5.41, 5.74) is 0. The second-order valence-corrected chi connectivity index (χ2v) is 2.09. The van der Waals surface area contributed by atoms with Gasteiger partial charge in [-0.15, -0.1) is 6.42 Å². The molecule has 0 aromatic heterocycles. The number of hydrogen-bond acceptors (Lipinski definition) is 3. The van der Waals surface area contributed by atoms with Crippen molar-refractivity contribution in [2.45, 2.75) is 19.4 Å². The van der Waals surface area contributed by atoms with Crippen LogP contribution >= 0.6 is 0 Å². The Hall–Kier alpha value is -1.50. The van der Waals surface area contributed by atoms with Gasteiger partial charge in [0.1, 0.15) is 0 Å². The smallest absolute Gasteiger partial charge is 0.396 e. The molecule has 0 saturated heterocycles. The predicted octanol–water partition coefficient (Wildman–Crippen LogP) is -0.313. The molecule has 4 heteroatoms. The first-order chi connectivity index (χ1) is 5.65. The zero-order valence-electron chi connectivity index (χ0n) is 7.09. The minimum atomic E-state index is -0.927. The van der Waals surface area contributed by atoms with Crippen LogP contribution in [0.4, 0.5) is 0 Å². The van der Waals surface area contributed by atoms with Crippen LogP contribution in [0.3, 0.4) is 0 Å². The number of esters is 1. The second-order valence-electron chi connectivity index (χ2n) is 2.09. The molecular formula is C8H11NO3. The van der Waals surface area contributed by atoms with E-state index in [1.807, 2.05) is 6.92 Å². The number of terminal acetylenes is 1. The molecule has 0 aromatic carbocycles. The monoisotopic (exact) mass is 169 g/mol. The summed E-state index contributed by atoms with van der Waals surface area (Å²) in [6.45, 7) is 1.81. The Morgan fingerprint density at radius 3 is 2.58 bits per heavy atom. The van der Waals surface area contributed by atoms with Crippen LogP contribution in [0.5, 0.6) is 0 Å². The van der Waals surface area contributed by atoms with Crippen molar-refractivity contribution in [3.05, 3.63) is 0 Å². The summed E-state index contributed by atoms with van der Waals surface area (Å²) in [5.74, 6) is 0.591. The zero-order valence-corrected chi connectivity index (χ0v) is 7.09. The lowest BCUT2D eigenvalue weighted by molar-refractivity contribution is -0.152. The van der Waals surface area contributed by atoms with Crippen molar-refractivity contribution < 1.29 is 14.3 Å². The van der Waals surface area contributed by atoms with Crippen LogP contribution in [0.2, 0.25) is 0 Å². The van der Waals surface area contributed by atoms with Crippen molar-refractivity contribution in [1.29, 1.82) is 0 Å². The molecule has 0 rings (SSSR count). The van der Waals surface area contributed by atoms with E-state index in [2.05, 4.69) is 16.0 Å². The lowest BCUT2D eigenvalue weighted by atomic mass is 10.2. The van der Waals surface area contributed by atoms with Gasteiger partial charge >= 0.3 is 11.9 Å². The van der Waals surface area contributed by atoms with Gasteiger partial charge in [0, 0.05) is 0 Å². The van der Waals surface area contributed by atoms with E-state index in [-0.39, 0.29) is 0 Å². The molecule has 0 saturated carbocycles. The van der Waals surface area contributed by atoms with E-state index < -0.39 is 17.9 Å². The van der Waals surface area contributed by atoms with E-state index in [4.69, 9.17) is 6.42 Å². The minimum absolute atomic E-state index is 0.406. The van der Waals surface area contributed by atoms with E-state index in [0.29, 0.717) is 6.42 Å². The van der Waals surface area contributed by atoms with Gasteiger partial charge in [0.25, 0.3) is 0 Å². The highest BCUT2D eigenvalue weighted by atomic mass is 16.5. The Morgan fingerprint density at radius 1 is 1.67 bits per heavy atom. The fourth-order valence-corrected chi connectivity index (χ4v) is 0.571. The molecule has 1 amide bonds. The Balaban J connectivity index is 4.01. The van der Waals surface area contributed by atoms with Gasteiger partial charge in [-0.1, -0.05) is 12.8 Å². The normalized spacial score (nSPS) is 11.1. The lowest BCUT2D eigenvalue weighted by Gasteiger charge is -2.08. The van der Waals surface area contributed by atoms with Crippen LogP contribution in [-0.4, -0.2) is 25.0 Å². The Kier molecular flexibility index (Phi) is 4.54. The summed E-state index contributed by atoms with van der Waals surface area (Å²) in [4.78, 5) is 21.4. The molecule has 12 heavy (non-hydrogen) atoms. The zero-order chi connectivity index (χ0) is 9.56. The molecule has 0 heterocycles. The fourth-order valence-electron chi connectivity index (χ4n) is 0.571. The standard InChI is InChI=1S/C8H11NO3/c1-4-6(5-2)9-7(10)8(11)12-3/h1,6H,5H2,2-3H3,(H,9,10). The maximum absolute atomic E-state index is 10.8. The number of carbonyl (C=O) groups is 2. The molecular weight excluding hydrogens is 158 g/mol. The van der Waals surface area contributed by atoms with Gasteiger partial charge in [0.05, 0.1) is 13.2 Å². The summed E-state index contributed by atoms with van der Waals surface area (Å²) in [7, 11) is 1.14. The summed E-state index contributed by atoms with van der Waals surface area (Å²) >= 11 is 0. The van der Waals surface area contributed by atoms with Crippen molar-refractivity contribution >= 4 is 11.9 Å². The third-order valence-corrected chi connectivity index (χ3v) is 1.29. The predicted molar refractivity (Wildman–Crippen MR) is 43.1 cm³/mol. The van der Waals surface area contributed by atoms with Gasteiger partial charge in [0.2, 0.25) is 0 Å². The van der Waals surface area contributed by atoms with Crippen molar-refractivity contribution in [2.24, 2.45) is 0 Å². The second kappa shape index (κ2) is 5.19. The van der Waals surface area contributed by atoms with Gasteiger partial charge in [-0.3, -0.25) is 4.79 Å². The number of rotatable bonds is 2. The quantitative estimate of drug-likeness (QED) is 0.350. The van der Waals surface area contributed by atoms with Gasteiger partial charge in [-0.25, -0.2) is 4.79 Å². The first kappa shape index (κ1) is 10.5. The topological polar surface area (TPSA) is 55.4 Å². The van der Waals surface area contributed by atoms with Gasteiger partial charge < -0.3 is 10.1 Å². The highest BCUT2D eigenvalue weighted by Gasteiger charge is 2.15. The van der Waals surface area contributed by atoms with E-state index in [0.717, 1.165) is 7.11 Å². The SMILES string of the molecule is C#CC(CC)NC(=O)C(=O)OC. The largest absolute Gasteiger partial charge is 0.462 e. The van der Waals surface area contributed by atoms with Crippen LogP contribution < -0.4 is 5.32 Å². The molecule has 0 bridgehead atoms. The molecule has 4 nitrogen and oxygen atoms in total. The average molecular weight is 169 g/mol. The third-order valence-electron chi connectivity index (χ3n) is 1.29. The van der Waals surface area contributed by atoms with E-state index in [1.165, 1.54) is 0 Å². The molecule has 0 spiro atoms. The van der Waals surface area contributed by atoms with Crippen LogP contribution in [0, 0.1) is 12.3 Å². The van der Waals surface area contributed by atoms with Crippen molar-refractivity contribution in [2.75, 3.05) is 7.11 Å². The van der Waals surface area contributed by atoms with Gasteiger partial charge in [-0.05, 0) is 6.42 Å². The Bertz CT molecular complexity index is 217. The average Bonchev–Trinajstić information content (AvgIpc) is 2.12.